The van der Waals surface area contributed by atoms with Crippen molar-refractivity contribution in [3.63, 3.8) is 0 Å². The van der Waals surface area contributed by atoms with Crippen LogP contribution in [0.1, 0.15) is 29.0 Å². The van der Waals surface area contributed by atoms with Gasteiger partial charge >= 0.3 is 0 Å². The number of amides is 1. The predicted molar refractivity (Wildman–Crippen MR) is 112 cm³/mol. The highest BCUT2D eigenvalue weighted by molar-refractivity contribution is 5.92. The molecule has 0 radical (unpaired) electrons. The molecule has 28 heavy (non-hydrogen) atoms. The van der Waals surface area contributed by atoms with Gasteiger partial charge in [-0.05, 0) is 43.2 Å². The van der Waals surface area contributed by atoms with E-state index in [0.29, 0.717) is 11.6 Å². The summed E-state index contributed by atoms with van der Waals surface area (Å²) in [7, 11) is 3.74. The lowest BCUT2D eigenvalue weighted by Gasteiger charge is -2.35. The van der Waals surface area contributed by atoms with Gasteiger partial charge in [-0.25, -0.2) is 4.98 Å². The lowest BCUT2D eigenvalue weighted by molar-refractivity contribution is 0.0758. The van der Waals surface area contributed by atoms with Crippen LogP contribution in [0.4, 0.5) is 5.82 Å². The molecule has 1 saturated heterocycles. The highest BCUT2D eigenvalue weighted by Gasteiger charge is 2.25. The number of pyridine rings is 1. The Labute approximate surface area is 165 Å². The molecule has 1 aromatic carbocycles. The second-order valence-corrected chi connectivity index (χ2v) is 7.77. The van der Waals surface area contributed by atoms with Gasteiger partial charge in [0.25, 0.3) is 5.91 Å². The Morgan fingerprint density at radius 2 is 1.96 bits per heavy atom. The first-order valence-electron chi connectivity index (χ1n) is 9.87. The van der Waals surface area contributed by atoms with Crippen LogP contribution >= 0.6 is 0 Å². The van der Waals surface area contributed by atoms with Crippen LogP contribution in [-0.2, 0) is 7.05 Å². The molecular formula is C22H27N5O. The number of hydrogen-bond donors (Lipinski definition) is 0. The Morgan fingerprint density at radius 3 is 2.68 bits per heavy atom. The van der Waals surface area contributed by atoms with Crippen LogP contribution in [0.3, 0.4) is 0 Å². The van der Waals surface area contributed by atoms with E-state index in [1.807, 2.05) is 38.2 Å². The fourth-order valence-corrected chi connectivity index (χ4v) is 4.01. The molecule has 0 aliphatic carbocycles. The summed E-state index contributed by atoms with van der Waals surface area (Å²) in [5.41, 5.74) is 1.52. The maximum atomic E-state index is 12.6. The number of aryl methyl sites for hydroxylation is 2. The van der Waals surface area contributed by atoms with E-state index in [1.165, 1.54) is 10.8 Å². The van der Waals surface area contributed by atoms with E-state index in [1.54, 1.807) is 4.68 Å². The second-order valence-electron chi connectivity index (χ2n) is 7.77. The first-order chi connectivity index (χ1) is 13.5. The van der Waals surface area contributed by atoms with E-state index in [9.17, 15) is 4.79 Å². The summed E-state index contributed by atoms with van der Waals surface area (Å²) in [5, 5.41) is 6.75. The first-order valence-corrected chi connectivity index (χ1v) is 9.87. The molecule has 6 heteroatoms. The topological polar surface area (TPSA) is 54.3 Å². The normalized spacial score (nSPS) is 15.2. The van der Waals surface area contributed by atoms with Crippen molar-refractivity contribution in [2.24, 2.45) is 13.0 Å². The molecule has 0 bridgehead atoms. The fraction of sp³-hybridized carbons (Fsp3) is 0.409. The number of rotatable bonds is 4. The van der Waals surface area contributed by atoms with Crippen LogP contribution in [0.15, 0.2) is 42.6 Å². The third kappa shape index (κ3) is 3.59. The Bertz CT molecular complexity index is 963. The van der Waals surface area contributed by atoms with Crippen LogP contribution < -0.4 is 4.90 Å². The Morgan fingerprint density at radius 1 is 1.21 bits per heavy atom. The summed E-state index contributed by atoms with van der Waals surface area (Å²) in [5.74, 6) is 1.58. The molecule has 6 nitrogen and oxygen atoms in total. The summed E-state index contributed by atoms with van der Waals surface area (Å²) >= 11 is 0. The van der Waals surface area contributed by atoms with E-state index >= 15 is 0 Å². The van der Waals surface area contributed by atoms with Gasteiger partial charge in [0.05, 0.1) is 0 Å². The molecule has 0 unspecified atom stereocenters. The van der Waals surface area contributed by atoms with Gasteiger partial charge in [0.2, 0.25) is 0 Å². The number of benzene rings is 1. The predicted octanol–water partition coefficient (Wildman–Crippen LogP) is 3.27. The Balaban J connectivity index is 1.38. The summed E-state index contributed by atoms with van der Waals surface area (Å²) in [6.45, 7) is 4.67. The summed E-state index contributed by atoms with van der Waals surface area (Å²) in [4.78, 5) is 21.5. The molecule has 0 atom stereocenters. The van der Waals surface area contributed by atoms with Crippen molar-refractivity contribution in [3.8, 4) is 0 Å². The van der Waals surface area contributed by atoms with Gasteiger partial charge in [-0.1, -0.05) is 24.3 Å². The summed E-state index contributed by atoms with van der Waals surface area (Å²) in [6, 6.07) is 12.3. The zero-order chi connectivity index (χ0) is 19.7. The first kappa shape index (κ1) is 18.5. The monoisotopic (exact) mass is 377 g/mol. The molecule has 0 N–H and O–H groups in total. The van der Waals surface area contributed by atoms with Crippen molar-refractivity contribution < 1.29 is 4.79 Å². The molecule has 1 amide bonds. The molecule has 3 aromatic rings. The molecule has 1 aliphatic heterocycles. The van der Waals surface area contributed by atoms with Crippen LogP contribution in [-0.4, -0.2) is 52.3 Å². The van der Waals surface area contributed by atoms with Gasteiger partial charge in [-0.2, -0.15) is 5.10 Å². The minimum Gasteiger partial charge on any atom is -0.356 e. The highest BCUT2D eigenvalue weighted by Crippen LogP contribution is 2.28. The smallest absolute Gasteiger partial charge is 0.274 e. The zero-order valence-corrected chi connectivity index (χ0v) is 16.8. The maximum Gasteiger partial charge on any atom is 0.274 e. The fourth-order valence-electron chi connectivity index (χ4n) is 4.01. The third-order valence-electron chi connectivity index (χ3n) is 5.78. The molecule has 1 aliphatic rings. The van der Waals surface area contributed by atoms with E-state index in [4.69, 9.17) is 0 Å². The van der Waals surface area contributed by atoms with Gasteiger partial charge in [-0.15, -0.1) is 0 Å². The number of carbonyl (C=O) groups is 1. The number of piperidine rings is 1. The van der Waals surface area contributed by atoms with Gasteiger partial charge in [-0.3, -0.25) is 9.48 Å². The number of aromatic nitrogens is 3. The van der Waals surface area contributed by atoms with Crippen molar-refractivity contribution >= 4 is 22.5 Å². The number of hydrogen-bond acceptors (Lipinski definition) is 4. The van der Waals surface area contributed by atoms with E-state index in [0.717, 1.165) is 44.0 Å². The molecule has 3 heterocycles. The average Bonchev–Trinajstić information content (AvgIpc) is 3.06. The van der Waals surface area contributed by atoms with Crippen LogP contribution in [0.25, 0.3) is 10.8 Å². The average molecular weight is 377 g/mol. The van der Waals surface area contributed by atoms with Gasteiger partial charge < -0.3 is 9.80 Å². The Hall–Kier alpha value is -2.89. The maximum absolute atomic E-state index is 12.6. The summed E-state index contributed by atoms with van der Waals surface area (Å²) < 4.78 is 1.75. The minimum atomic E-state index is 0.00171. The number of nitrogens with zero attached hydrogens (tertiary/aromatic N) is 5. The number of fused-ring (bicyclic) bond motifs is 1. The standard InChI is InChI=1S/C22H27N5O/c1-16-14-20(24-26(16)3)22(28)25(2)15-17-9-12-27(13-10-17)21-19-7-5-4-6-18(19)8-11-23-21/h4-8,11,14,17H,9-10,12-13,15H2,1-3H3. The van der Waals surface area contributed by atoms with E-state index in [2.05, 4.69) is 45.3 Å². The largest absolute Gasteiger partial charge is 0.356 e. The van der Waals surface area contributed by atoms with Crippen molar-refractivity contribution in [2.45, 2.75) is 19.8 Å². The zero-order valence-electron chi connectivity index (χ0n) is 16.8. The minimum absolute atomic E-state index is 0.00171. The van der Waals surface area contributed by atoms with Crippen LogP contribution in [0.5, 0.6) is 0 Å². The quantitative estimate of drug-likeness (QED) is 0.700. The summed E-state index contributed by atoms with van der Waals surface area (Å²) in [6.07, 6.45) is 4.01. The lowest BCUT2D eigenvalue weighted by atomic mass is 9.96. The number of carbonyl (C=O) groups excluding carboxylic acids is 1. The van der Waals surface area contributed by atoms with Crippen molar-refractivity contribution in [1.29, 1.82) is 0 Å². The van der Waals surface area contributed by atoms with Crippen LogP contribution in [0, 0.1) is 12.8 Å². The van der Waals surface area contributed by atoms with Gasteiger partial charge in [0.15, 0.2) is 5.69 Å². The molecule has 0 spiro atoms. The SMILES string of the molecule is Cc1cc(C(=O)N(C)CC2CCN(c3nccc4ccccc34)CC2)nn1C. The van der Waals surface area contributed by atoms with E-state index in [-0.39, 0.29) is 5.91 Å². The van der Waals surface area contributed by atoms with Crippen molar-refractivity contribution in [3.05, 3.63) is 54.0 Å². The number of anilines is 1. The molecule has 146 valence electrons. The molecule has 2 aromatic heterocycles. The highest BCUT2D eigenvalue weighted by atomic mass is 16.2. The molecule has 4 rings (SSSR count). The molecular weight excluding hydrogens is 350 g/mol. The van der Waals surface area contributed by atoms with Crippen LogP contribution in [0.2, 0.25) is 0 Å². The lowest BCUT2D eigenvalue weighted by Crippen LogP contribution is -2.40. The second kappa shape index (κ2) is 7.62. The third-order valence-corrected chi connectivity index (χ3v) is 5.78. The van der Waals surface area contributed by atoms with Crippen molar-refractivity contribution in [1.82, 2.24) is 19.7 Å². The van der Waals surface area contributed by atoms with E-state index < -0.39 is 0 Å². The Kier molecular flexibility index (Phi) is 5.03. The van der Waals surface area contributed by atoms with Crippen molar-refractivity contribution in [2.75, 3.05) is 31.6 Å². The van der Waals surface area contributed by atoms with Gasteiger partial charge in [0.1, 0.15) is 5.82 Å². The molecule has 1 fully saturated rings. The molecule has 0 saturated carbocycles. The van der Waals surface area contributed by atoms with Gasteiger partial charge in [0, 0.05) is 51.0 Å².